The molecule has 0 bridgehead atoms. The van der Waals surface area contributed by atoms with Crippen LogP contribution >= 0.6 is 0 Å². The minimum atomic E-state index is -0.0935. The molecule has 3 aliphatic rings. The average Bonchev–Trinajstić information content (AvgIpc) is 3.70. The van der Waals surface area contributed by atoms with Gasteiger partial charge in [0.15, 0.2) is 0 Å². The molecule has 2 aromatic carbocycles. The minimum Gasteiger partial charge on any atom is -0.378 e. The lowest BCUT2D eigenvalue weighted by Crippen LogP contribution is -2.51. The highest BCUT2D eigenvalue weighted by Crippen LogP contribution is 2.50. The molecule has 2 aliphatic heterocycles. The fourth-order valence-electron chi connectivity index (χ4n) is 5.61. The predicted molar refractivity (Wildman–Crippen MR) is 135 cm³/mol. The van der Waals surface area contributed by atoms with Gasteiger partial charge in [-0.3, -0.25) is 9.59 Å². The van der Waals surface area contributed by atoms with Crippen molar-refractivity contribution in [2.75, 3.05) is 48.5 Å². The number of amides is 2. The molecule has 2 amide bonds. The number of nitrogens with one attached hydrogen (secondary N) is 2. The summed E-state index contributed by atoms with van der Waals surface area (Å²) >= 11 is 0. The van der Waals surface area contributed by atoms with Gasteiger partial charge in [0.1, 0.15) is 0 Å². The van der Waals surface area contributed by atoms with Crippen LogP contribution in [0.3, 0.4) is 0 Å². The van der Waals surface area contributed by atoms with Crippen LogP contribution in [-0.4, -0.2) is 51.2 Å². The highest BCUT2D eigenvalue weighted by molar-refractivity contribution is 5.95. The van der Waals surface area contributed by atoms with Crippen LogP contribution in [0.4, 0.5) is 17.1 Å². The van der Waals surface area contributed by atoms with E-state index < -0.39 is 0 Å². The Morgan fingerprint density at radius 2 is 1.74 bits per heavy atom. The van der Waals surface area contributed by atoms with Crippen molar-refractivity contribution in [1.29, 1.82) is 0 Å². The number of ether oxygens (including phenoxy) is 1. The molecule has 1 saturated heterocycles. The van der Waals surface area contributed by atoms with Crippen LogP contribution in [0.2, 0.25) is 0 Å². The Bertz CT molecular complexity index is 1060. The number of carbonyl (C=O) groups is 2. The fraction of sp³-hybridized carbons (Fsp3) is 0.481. The maximum absolute atomic E-state index is 12.9. The van der Waals surface area contributed by atoms with E-state index in [1.807, 2.05) is 29.2 Å². The summed E-state index contributed by atoms with van der Waals surface area (Å²) in [5, 5.41) is 6.43. The molecule has 0 radical (unpaired) electrons. The Morgan fingerprint density at radius 3 is 2.35 bits per heavy atom. The molecule has 5 rings (SSSR count). The highest BCUT2D eigenvalue weighted by atomic mass is 16.5. The maximum atomic E-state index is 12.9. The van der Waals surface area contributed by atoms with Gasteiger partial charge in [0.2, 0.25) is 5.91 Å². The summed E-state index contributed by atoms with van der Waals surface area (Å²) < 4.78 is 5.55. The molecule has 2 N–H and O–H groups in total. The molecule has 34 heavy (non-hydrogen) atoms. The summed E-state index contributed by atoms with van der Waals surface area (Å²) in [6.45, 7) is 7.15. The lowest BCUT2D eigenvalue weighted by molar-refractivity contribution is -0.117. The molecule has 1 aliphatic carbocycles. The van der Waals surface area contributed by atoms with Crippen molar-refractivity contribution in [3.63, 3.8) is 0 Å². The standard InChI is InChI=1S/C27H34N4O3/c1-17-25(29-21-8-6-20(7-9-21)27(33)28-3)23-16-22(30-12-14-34-15-13-30)10-11-24(23)31(18(2)32)26(17)19-4-5-19/h6-11,16-17,19,25-26,29H,4-5,12-15H2,1-3H3,(H,28,33)/t17-,25?,26-/m1/s1. The van der Waals surface area contributed by atoms with E-state index in [1.165, 1.54) is 18.5 Å². The first kappa shape index (κ1) is 22.7. The zero-order valence-electron chi connectivity index (χ0n) is 20.2. The predicted octanol–water partition coefficient (Wildman–Crippen LogP) is 3.82. The second-order valence-corrected chi connectivity index (χ2v) is 9.70. The Balaban J connectivity index is 1.53. The smallest absolute Gasteiger partial charge is 0.251 e. The van der Waals surface area contributed by atoms with Gasteiger partial charge in [-0.2, -0.15) is 0 Å². The number of anilines is 3. The number of rotatable bonds is 5. The van der Waals surface area contributed by atoms with E-state index in [0.29, 0.717) is 11.5 Å². The first-order valence-electron chi connectivity index (χ1n) is 12.3. The van der Waals surface area contributed by atoms with Crippen molar-refractivity contribution in [2.24, 2.45) is 11.8 Å². The van der Waals surface area contributed by atoms with E-state index in [2.05, 4.69) is 40.7 Å². The number of carbonyl (C=O) groups excluding carboxylic acids is 2. The first-order chi connectivity index (χ1) is 16.5. The minimum absolute atomic E-state index is 0.0584. The number of hydrogen-bond donors (Lipinski definition) is 2. The molecule has 7 heteroatoms. The zero-order chi connectivity index (χ0) is 23.8. The summed E-state index contributed by atoms with van der Waals surface area (Å²) in [5.74, 6) is 0.801. The van der Waals surface area contributed by atoms with Crippen molar-refractivity contribution >= 4 is 28.9 Å². The molecule has 2 heterocycles. The van der Waals surface area contributed by atoms with E-state index in [-0.39, 0.29) is 29.8 Å². The lowest BCUT2D eigenvalue weighted by Gasteiger charge is -2.46. The normalized spacial score (nSPS) is 24.4. The Morgan fingerprint density at radius 1 is 1.03 bits per heavy atom. The van der Waals surface area contributed by atoms with Crippen molar-refractivity contribution in [1.82, 2.24) is 5.32 Å². The SMILES string of the molecule is CNC(=O)c1ccc(NC2c3cc(N4CCOCC4)ccc3N(C(C)=O)[C@@H](C3CC3)[C@@H]2C)cc1. The van der Waals surface area contributed by atoms with Gasteiger partial charge in [-0.1, -0.05) is 6.92 Å². The van der Waals surface area contributed by atoms with Crippen molar-refractivity contribution in [3.05, 3.63) is 53.6 Å². The number of nitrogens with zero attached hydrogens (tertiary/aromatic N) is 2. The summed E-state index contributed by atoms with van der Waals surface area (Å²) in [4.78, 5) is 29.2. The van der Waals surface area contributed by atoms with Crippen LogP contribution in [-0.2, 0) is 9.53 Å². The molecule has 3 atom stereocenters. The van der Waals surface area contributed by atoms with E-state index in [4.69, 9.17) is 4.74 Å². The van der Waals surface area contributed by atoms with Gasteiger partial charge in [0, 0.05) is 67.2 Å². The van der Waals surface area contributed by atoms with Gasteiger partial charge in [0.05, 0.1) is 19.3 Å². The van der Waals surface area contributed by atoms with Gasteiger partial charge in [-0.05, 0) is 61.2 Å². The largest absolute Gasteiger partial charge is 0.378 e. The van der Waals surface area contributed by atoms with Gasteiger partial charge >= 0.3 is 0 Å². The fourth-order valence-corrected chi connectivity index (χ4v) is 5.61. The van der Waals surface area contributed by atoms with Crippen molar-refractivity contribution in [2.45, 2.75) is 38.8 Å². The summed E-state index contributed by atoms with van der Waals surface area (Å²) in [7, 11) is 1.64. The molecule has 7 nitrogen and oxygen atoms in total. The molecular weight excluding hydrogens is 428 g/mol. The number of hydrogen-bond acceptors (Lipinski definition) is 5. The quantitative estimate of drug-likeness (QED) is 0.707. The third-order valence-electron chi connectivity index (χ3n) is 7.49. The number of morpholine rings is 1. The lowest BCUT2D eigenvalue weighted by atomic mass is 9.79. The maximum Gasteiger partial charge on any atom is 0.251 e. The highest BCUT2D eigenvalue weighted by Gasteiger charge is 2.47. The average molecular weight is 463 g/mol. The topological polar surface area (TPSA) is 73.9 Å². The van der Waals surface area contributed by atoms with Crippen LogP contribution in [0.5, 0.6) is 0 Å². The molecule has 2 aromatic rings. The van der Waals surface area contributed by atoms with Gasteiger partial charge < -0.3 is 25.2 Å². The second-order valence-electron chi connectivity index (χ2n) is 9.70. The van der Waals surface area contributed by atoms with Crippen LogP contribution in [0, 0.1) is 11.8 Å². The third kappa shape index (κ3) is 4.25. The Hall–Kier alpha value is -3.06. The van der Waals surface area contributed by atoms with Gasteiger partial charge in [0.25, 0.3) is 5.91 Å². The van der Waals surface area contributed by atoms with E-state index in [0.717, 1.165) is 43.2 Å². The molecular formula is C27H34N4O3. The molecule has 0 aromatic heterocycles. The molecule has 2 fully saturated rings. The second kappa shape index (κ2) is 9.29. The van der Waals surface area contributed by atoms with E-state index in [1.54, 1.807) is 14.0 Å². The van der Waals surface area contributed by atoms with Crippen LogP contribution in [0.15, 0.2) is 42.5 Å². The molecule has 180 valence electrons. The summed E-state index contributed by atoms with van der Waals surface area (Å²) in [5.41, 5.74) is 4.94. The van der Waals surface area contributed by atoms with Crippen molar-refractivity contribution < 1.29 is 14.3 Å². The summed E-state index contributed by atoms with van der Waals surface area (Å²) in [6, 6.07) is 14.4. The van der Waals surface area contributed by atoms with Crippen LogP contribution in [0.25, 0.3) is 0 Å². The van der Waals surface area contributed by atoms with Gasteiger partial charge in [-0.25, -0.2) is 0 Å². The third-order valence-corrected chi connectivity index (χ3v) is 7.49. The molecule has 1 unspecified atom stereocenters. The first-order valence-corrected chi connectivity index (χ1v) is 12.3. The number of benzene rings is 2. The molecule has 1 saturated carbocycles. The zero-order valence-corrected chi connectivity index (χ0v) is 20.2. The molecule has 0 spiro atoms. The van der Waals surface area contributed by atoms with Gasteiger partial charge in [-0.15, -0.1) is 0 Å². The Kier molecular flexibility index (Phi) is 6.21. The van der Waals surface area contributed by atoms with E-state index in [9.17, 15) is 9.59 Å². The summed E-state index contributed by atoms with van der Waals surface area (Å²) in [6.07, 6.45) is 2.35. The van der Waals surface area contributed by atoms with Crippen LogP contribution < -0.4 is 20.4 Å². The van der Waals surface area contributed by atoms with E-state index >= 15 is 0 Å². The van der Waals surface area contributed by atoms with Crippen molar-refractivity contribution in [3.8, 4) is 0 Å². The Labute approximate surface area is 201 Å². The van der Waals surface area contributed by atoms with Crippen LogP contribution in [0.1, 0.15) is 48.7 Å². The monoisotopic (exact) mass is 462 g/mol. The number of fused-ring (bicyclic) bond motifs is 1.